The van der Waals surface area contributed by atoms with Crippen molar-refractivity contribution in [2.75, 3.05) is 0 Å². The number of aromatic nitrogens is 3. The first-order valence-electron chi connectivity index (χ1n) is 6.34. The lowest BCUT2D eigenvalue weighted by Gasteiger charge is -2.30. The zero-order valence-corrected chi connectivity index (χ0v) is 11.1. The number of aliphatic hydroxyl groups excluding tert-OH is 1. The van der Waals surface area contributed by atoms with Crippen molar-refractivity contribution >= 4 is 22.6 Å². The van der Waals surface area contributed by atoms with E-state index in [1.807, 2.05) is 13.0 Å². The first kappa shape index (κ1) is 11.9. The first-order chi connectivity index (χ1) is 8.68. The maximum atomic E-state index is 10.2. The minimum absolute atomic E-state index is 0.113. The molecule has 1 aliphatic rings. The number of hydrogen-bond donors (Lipinski definition) is 1. The fourth-order valence-corrected chi connectivity index (χ4v) is 3.12. The van der Waals surface area contributed by atoms with E-state index in [1.165, 1.54) is 6.33 Å². The fourth-order valence-electron chi connectivity index (χ4n) is 2.94. The van der Waals surface area contributed by atoms with Gasteiger partial charge in [-0.3, -0.25) is 0 Å². The highest BCUT2D eigenvalue weighted by atomic mass is 35.5. The standard InChI is InChI=1S/C13H16ClN3O/c1-8-6-9-12(14)15-7-16-13(9)17(8)10-4-2-3-5-11(10)18/h6-7,10-11,18H,2-5H2,1H3. The second-order valence-electron chi connectivity index (χ2n) is 4.98. The van der Waals surface area contributed by atoms with Crippen LogP contribution in [0.3, 0.4) is 0 Å². The molecule has 5 heteroatoms. The van der Waals surface area contributed by atoms with Gasteiger partial charge in [0.25, 0.3) is 0 Å². The van der Waals surface area contributed by atoms with Gasteiger partial charge in [-0.2, -0.15) is 0 Å². The molecular formula is C13H16ClN3O. The Hall–Kier alpha value is -1.13. The van der Waals surface area contributed by atoms with E-state index in [0.717, 1.165) is 42.4 Å². The summed E-state index contributed by atoms with van der Waals surface area (Å²) in [6.07, 6.45) is 5.30. The number of aliphatic hydroxyl groups is 1. The molecule has 0 radical (unpaired) electrons. The smallest absolute Gasteiger partial charge is 0.145 e. The van der Waals surface area contributed by atoms with Crippen LogP contribution in [0.15, 0.2) is 12.4 Å². The molecule has 4 nitrogen and oxygen atoms in total. The number of hydrogen-bond acceptors (Lipinski definition) is 3. The molecule has 0 aliphatic heterocycles. The van der Waals surface area contributed by atoms with Crippen molar-refractivity contribution in [3.05, 3.63) is 23.2 Å². The fraction of sp³-hybridized carbons (Fsp3) is 0.538. The summed E-state index contributed by atoms with van der Waals surface area (Å²) in [6.45, 7) is 2.03. The summed E-state index contributed by atoms with van der Waals surface area (Å²) < 4.78 is 2.12. The molecule has 0 spiro atoms. The number of rotatable bonds is 1. The summed E-state index contributed by atoms with van der Waals surface area (Å²) >= 11 is 6.09. The summed E-state index contributed by atoms with van der Waals surface area (Å²) in [5.41, 5.74) is 1.91. The zero-order chi connectivity index (χ0) is 12.7. The van der Waals surface area contributed by atoms with Crippen LogP contribution in [-0.2, 0) is 0 Å². The minimum atomic E-state index is -0.290. The molecule has 1 saturated carbocycles. The van der Waals surface area contributed by atoms with E-state index in [4.69, 9.17) is 11.6 Å². The third-order valence-electron chi connectivity index (χ3n) is 3.80. The van der Waals surface area contributed by atoms with Gasteiger partial charge in [-0.15, -0.1) is 0 Å². The summed E-state index contributed by atoms with van der Waals surface area (Å²) in [7, 11) is 0. The molecule has 1 fully saturated rings. The van der Waals surface area contributed by atoms with Crippen LogP contribution in [0.1, 0.15) is 37.4 Å². The van der Waals surface area contributed by atoms with Crippen molar-refractivity contribution in [3.63, 3.8) is 0 Å². The van der Waals surface area contributed by atoms with Crippen LogP contribution >= 0.6 is 11.6 Å². The van der Waals surface area contributed by atoms with Gasteiger partial charge in [0.05, 0.1) is 17.5 Å². The van der Waals surface area contributed by atoms with E-state index >= 15 is 0 Å². The van der Waals surface area contributed by atoms with Crippen molar-refractivity contribution in [2.45, 2.75) is 44.8 Å². The Labute approximate surface area is 111 Å². The van der Waals surface area contributed by atoms with Crippen LogP contribution in [-0.4, -0.2) is 25.7 Å². The Morgan fingerprint density at radius 1 is 1.33 bits per heavy atom. The molecule has 1 aliphatic carbocycles. The normalized spacial score (nSPS) is 24.6. The summed E-state index contributed by atoms with van der Waals surface area (Å²) in [5.74, 6) is 0. The molecule has 0 amide bonds. The lowest BCUT2D eigenvalue weighted by molar-refractivity contribution is 0.0764. The van der Waals surface area contributed by atoms with Crippen molar-refractivity contribution in [2.24, 2.45) is 0 Å². The number of aryl methyl sites for hydroxylation is 1. The van der Waals surface area contributed by atoms with Gasteiger partial charge in [0, 0.05) is 5.69 Å². The monoisotopic (exact) mass is 265 g/mol. The summed E-state index contributed by atoms with van der Waals surface area (Å²) in [5, 5.41) is 11.5. The summed E-state index contributed by atoms with van der Waals surface area (Å²) in [6, 6.07) is 2.11. The van der Waals surface area contributed by atoms with Gasteiger partial charge in [0.1, 0.15) is 17.1 Å². The maximum absolute atomic E-state index is 10.2. The SMILES string of the molecule is Cc1cc2c(Cl)ncnc2n1C1CCCCC1O. The highest BCUT2D eigenvalue weighted by Gasteiger charge is 2.27. The molecule has 0 saturated heterocycles. The molecule has 2 heterocycles. The van der Waals surface area contributed by atoms with Crippen LogP contribution in [0, 0.1) is 6.92 Å². The Bertz CT molecular complexity index is 581. The average molecular weight is 266 g/mol. The molecule has 1 N–H and O–H groups in total. The van der Waals surface area contributed by atoms with E-state index < -0.39 is 0 Å². The van der Waals surface area contributed by atoms with Gasteiger partial charge in [-0.25, -0.2) is 9.97 Å². The van der Waals surface area contributed by atoms with Crippen LogP contribution in [0.5, 0.6) is 0 Å². The Kier molecular flexibility index (Phi) is 2.99. The Morgan fingerprint density at radius 2 is 2.11 bits per heavy atom. The molecule has 0 bridgehead atoms. The van der Waals surface area contributed by atoms with E-state index in [1.54, 1.807) is 0 Å². The lowest BCUT2D eigenvalue weighted by atomic mass is 9.92. The molecule has 2 aromatic rings. The van der Waals surface area contributed by atoms with Gasteiger partial charge in [-0.1, -0.05) is 24.4 Å². The van der Waals surface area contributed by atoms with E-state index in [2.05, 4.69) is 14.5 Å². The van der Waals surface area contributed by atoms with Crippen molar-refractivity contribution in [1.29, 1.82) is 0 Å². The van der Waals surface area contributed by atoms with Crippen molar-refractivity contribution < 1.29 is 5.11 Å². The molecule has 3 rings (SSSR count). The minimum Gasteiger partial charge on any atom is -0.391 e. The van der Waals surface area contributed by atoms with Gasteiger partial charge < -0.3 is 9.67 Å². The quantitative estimate of drug-likeness (QED) is 0.807. The molecule has 2 unspecified atom stereocenters. The number of fused-ring (bicyclic) bond motifs is 1. The van der Waals surface area contributed by atoms with Crippen LogP contribution < -0.4 is 0 Å². The third-order valence-corrected chi connectivity index (χ3v) is 4.10. The average Bonchev–Trinajstić information content (AvgIpc) is 2.68. The number of nitrogens with zero attached hydrogens (tertiary/aromatic N) is 3. The van der Waals surface area contributed by atoms with Gasteiger partial charge in [0.2, 0.25) is 0 Å². The molecular weight excluding hydrogens is 250 g/mol. The Balaban J connectivity index is 2.16. The third kappa shape index (κ3) is 1.80. The topological polar surface area (TPSA) is 50.9 Å². The maximum Gasteiger partial charge on any atom is 0.145 e. The van der Waals surface area contributed by atoms with Gasteiger partial charge >= 0.3 is 0 Å². The predicted octanol–water partition coefficient (Wildman–Crippen LogP) is 2.87. The van der Waals surface area contributed by atoms with Crippen molar-refractivity contribution in [3.8, 4) is 0 Å². The van der Waals surface area contributed by atoms with Crippen molar-refractivity contribution in [1.82, 2.24) is 14.5 Å². The van der Waals surface area contributed by atoms with Gasteiger partial charge in [-0.05, 0) is 25.8 Å². The molecule has 2 atom stereocenters. The van der Waals surface area contributed by atoms with E-state index in [0.29, 0.717) is 5.15 Å². The first-order valence-corrected chi connectivity index (χ1v) is 6.72. The number of halogens is 1. The molecule has 0 aromatic carbocycles. The highest BCUT2D eigenvalue weighted by molar-refractivity contribution is 6.33. The van der Waals surface area contributed by atoms with Crippen LogP contribution in [0.25, 0.3) is 11.0 Å². The van der Waals surface area contributed by atoms with E-state index in [-0.39, 0.29) is 12.1 Å². The molecule has 18 heavy (non-hydrogen) atoms. The second-order valence-corrected chi connectivity index (χ2v) is 5.33. The second kappa shape index (κ2) is 4.52. The van der Waals surface area contributed by atoms with Crippen LogP contribution in [0.2, 0.25) is 5.15 Å². The molecule has 96 valence electrons. The predicted molar refractivity (Wildman–Crippen MR) is 70.8 cm³/mol. The Morgan fingerprint density at radius 3 is 2.89 bits per heavy atom. The van der Waals surface area contributed by atoms with Crippen LogP contribution in [0.4, 0.5) is 0 Å². The zero-order valence-electron chi connectivity index (χ0n) is 10.3. The summed E-state index contributed by atoms with van der Waals surface area (Å²) in [4.78, 5) is 8.33. The lowest BCUT2D eigenvalue weighted by Crippen LogP contribution is -2.28. The van der Waals surface area contributed by atoms with Gasteiger partial charge in [0.15, 0.2) is 0 Å². The highest BCUT2D eigenvalue weighted by Crippen LogP contribution is 2.34. The largest absolute Gasteiger partial charge is 0.391 e. The molecule has 2 aromatic heterocycles. The van der Waals surface area contributed by atoms with E-state index in [9.17, 15) is 5.11 Å².